The van der Waals surface area contributed by atoms with E-state index in [0.717, 1.165) is 46.4 Å². The van der Waals surface area contributed by atoms with Crippen LogP contribution in [0.15, 0.2) is 48.5 Å². The van der Waals surface area contributed by atoms with E-state index in [4.69, 9.17) is 14.2 Å². The summed E-state index contributed by atoms with van der Waals surface area (Å²) in [5.74, 6) is -0.754. The molecule has 0 radical (unpaired) electrons. The molecular formula is C34H37FN2O6. The third-order valence-electron chi connectivity index (χ3n) is 8.80. The molecule has 0 unspecified atom stereocenters. The van der Waals surface area contributed by atoms with Gasteiger partial charge in [0, 0.05) is 24.2 Å². The third-order valence-corrected chi connectivity index (χ3v) is 8.80. The number of carbonyl (C=O) groups excluding carboxylic acids is 1. The molecule has 0 spiro atoms. The summed E-state index contributed by atoms with van der Waals surface area (Å²) in [6, 6.07) is 13.6. The van der Waals surface area contributed by atoms with Crippen molar-refractivity contribution in [2.75, 3.05) is 25.2 Å². The van der Waals surface area contributed by atoms with Gasteiger partial charge >= 0.3 is 5.97 Å². The Hall–Kier alpha value is -4.11. The van der Waals surface area contributed by atoms with Crippen LogP contribution in [0.4, 0.5) is 10.1 Å². The van der Waals surface area contributed by atoms with E-state index in [2.05, 4.69) is 5.32 Å². The maximum Gasteiger partial charge on any atom is 0.309 e. The molecule has 1 saturated heterocycles. The summed E-state index contributed by atoms with van der Waals surface area (Å²) in [6.07, 6.45) is 3.45. The highest BCUT2D eigenvalue weighted by molar-refractivity contribution is 5.94. The van der Waals surface area contributed by atoms with E-state index in [0.29, 0.717) is 36.6 Å². The van der Waals surface area contributed by atoms with Crippen LogP contribution in [0.5, 0.6) is 17.2 Å². The summed E-state index contributed by atoms with van der Waals surface area (Å²) in [4.78, 5) is 28.6. The average molecular weight is 589 g/mol. The zero-order chi connectivity index (χ0) is 30.2. The Labute approximate surface area is 250 Å². The van der Waals surface area contributed by atoms with Crippen LogP contribution in [-0.2, 0) is 22.4 Å². The molecule has 3 atom stereocenters. The molecule has 3 aromatic carbocycles. The van der Waals surface area contributed by atoms with Crippen LogP contribution in [-0.4, -0.2) is 47.9 Å². The first-order valence-corrected chi connectivity index (χ1v) is 15.0. The van der Waals surface area contributed by atoms with Crippen LogP contribution < -0.4 is 19.5 Å². The zero-order valence-corrected chi connectivity index (χ0v) is 24.7. The number of carbonyl (C=O) groups is 2. The first kappa shape index (κ1) is 29.0. The molecule has 2 aliphatic heterocycles. The number of anilines is 1. The Bertz CT molecular complexity index is 1510. The summed E-state index contributed by atoms with van der Waals surface area (Å²) in [5.41, 5.74) is 4.59. The van der Waals surface area contributed by atoms with Crippen LogP contribution >= 0.6 is 0 Å². The monoisotopic (exact) mass is 588 g/mol. The van der Waals surface area contributed by atoms with E-state index in [1.165, 1.54) is 12.1 Å². The summed E-state index contributed by atoms with van der Waals surface area (Å²) in [7, 11) is 0. The van der Waals surface area contributed by atoms with Gasteiger partial charge < -0.3 is 24.6 Å². The number of benzene rings is 3. The van der Waals surface area contributed by atoms with E-state index >= 15 is 0 Å². The minimum absolute atomic E-state index is 0.0292. The molecule has 226 valence electrons. The molecule has 1 saturated carbocycles. The molecule has 43 heavy (non-hydrogen) atoms. The maximum atomic E-state index is 14.2. The van der Waals surface area contributed by atoms with E-state index in [1.54, 1.807) is 0 Å². The minimum atomic E-state index is -0.937. The molecule has 2 fully saturated rings. The number of halogens is 1. The number of rotatable bonds is 10. The number of carboxylic acids is 1. The van der Waals surface area contributed by atoms with Gasteiger partial charge in [0.1, 0.15) is 11.6 Å². The van der Waals surface area contributed by atoms with Crippen LogP contribution in [0.2, 0.25) is 0 Å². The van der Waals surface area contributed by atoms with Crippen molar-refractivity contribution in [3.63, 3.8) is 0 Å². The zero-order valence-electron chi connectivity index (χ0n) is 24.7. The van der Waals surface area contributed by atoms with Crippen molar-refractivity contribution >= 4 is 17.6 Å². The molecule has 2 heterocycles. The molecular weight excluding hydrogens is 551 g/mol. The molecule has 8 nitrogen and oxygen atoms in total. The van der Waals surface area contributed by atoms with Gasteiger partial charge in [0.2, 0.25) is 12.7 Å². The normalized spacial score (nSPS) is 21.2. The Morgan fingerprint density at radius 2 is 1.74 bits per heavy atom. The van der Waals surface area contributed by atoms with E-state index in [-0.39, 0.29) is 31.2 Å². The average Bonchev–Trinajstić information content (AvgIpc) is 3.52. The number of nitrogens with one attached hydrogen (secondary N) is 1. The van der Waals surface area contributed by atoms with Crippen LogP contribution in [0, 0.1) is 18.7 Å². The molecule has 3 aromatic rings. The number of amides is 1. The van der Waals surface area contributed by atoms with Gasteiger partial charge in [-0.3, -0.25) is 14.5 Å². The first-order valence-electron chi connectivity index (χ1n) is 15.0. The lowest BCUT2D eigenvalue weighted by molar-refractivity contribution is -0.143. The second kappa shape index (κ2) is 11.9. The van der Waals surface area contributed by atoms with E-state index < -0.39 is 23.8 Å². The number of ether oxygens (including phenoxy) is 3. The highest BCUT2D eigenvalue weighted by Gasteiger charge is 2.48. The van der Waals surface area contributed by atoms with Crippen molar-refractivity contribution in [1.29, 1.82) is 0 Å². The molecule has 0 aromatic heterocycles. The Balaban J connectivity index is 1.34. The van der Waals surface area contributed by atoms with Crippen molar-refractivity contribution in [2.24, 2.45) is 5.92 Å². The Morgan fingerprint density at radius 3 is 2.37 bits per heavy atom. The smallest absolute Gasteiger partial charge is 0.309 e. The summed E-state index contributed by atoms with van der Waals surface area (Å²) in [5, 5.41) is 13.7. The van der Waals surface area contributed by atoms with E-state index in [9.17, 15) is 19.1 Å². The van der Waals surface area contributed by atoms with Crippen molar-refractivity contribution in [3.8, 4) is 17.2 Å². The number of fused-ring (bicyclic) bond motifs is 1. The number of likely N-dealkylation sites (tertiary alicyclic amines) is 1. The van der Waals surface area contributed by atoms with Gasteiger partial charge in [-0.1, -0.05) is 32.0 Å². The standard InChI is InChI=1S/C34H37FN2O6/c1-4-20-14-23(35)15-21(5-2)31(20)36-29(38)17-37-16-27(26-12-13-28-33(19(26)3)42-18-41-28)30(34(39)40)32(37)22-6-8-24(9-7-22)43-25-10-11-25/h6-9,12-15,25,27,30,32H,4-5,10-11,16-18H2,1-3H3,(H,36,38)(H,39,40)/t27-,30-,32+/m1/s1. The van der Waals surface area contributed by atoms with Crippen LogP contribution in [0.1, 0.15) is 66.5 Å². The van der Waals surface area contributed by atoms with Gasteiger partial charge in [-0.05, 0) is 90.8 Å². The van der Waals surface area contributed by atoms with Gasteiger partial charge in [0.15, 0.2) is 11.5 Å². The van der Waals surface area contributed by atoms with Crippen molar-refractivity contribution < 1.29 is 33.3 Å². The van der Waals surface area contributed by atoms with Gasteiger partial charge in [-0.15, -0.1) is 0 Å². The quantitative estimate of drug-likeness (QED) is 0.300. The lowest BCUT2D eigenvalue weighted by Crippen LogP contribution is -2.35. The number of hydrogen-bond acceptors (Lipinski definition) is 6. The second-order valence-corrected chi connectivity index (χ2v) is 11.6. The molecule has 1 amide bonds. The molecule has 1 aliphatic carbocycles. The van der Waals surface area contributed by atoms with Gasteiger partial charge in [0.05, 0.1) is 18.6 Å². The predicted molar refractivity (Wildman–Crippen MR) is 159 cm³/mol. The summed E-state index contributed by atoms with van der Waals surface area (Å²) >= 11 is 0. The molecule has 0 bridgehead atoms. The van der Waals surface area contributed by atoms with E-state index in [1.807, 2.05) is 62.1 Å². The van der Waals surface area contributed by atoms with Crippen LogP contribution in [0.25, 0.3) is 0 Å². The van der Waals surface area contributed by atoms with Crippen LogP contribution in [0.3, 0.4) is 0 Å². The molecule has 9 heteroatoms. The van der Waals surface area contributed by atoms with Gasteiger partial charge in [-0.25, -0.2) is 4.39 Å². The van der Waals surface area contributed by atoms with Gasteiger partial charge in [0.25, 0.3) is 0 Å². The number of aryl methyl sites for hydroxylation is 2. The number of hydrogen-bond donors (Lipinski definition) is 2. The SMILES string of the molecule is CCc1cc(F)cc(CC)c1NC(=O)CN1C[C@H](c2ccc3c(c2C)OCO3)[C@@H](C(=O)O)[C@@H]1c1ccc(OC2CC2)cc1. The summed E-state index contributed by atoms with van der Waals surface area (Å²) < 4.78 is 31.4. The topological polar surface area (TPSA) is 97.3 Å². The third kappa shape index (κ3) is 5.78. The highest BCUT2D eigenvalue weighted by atomic mass is 19.1. The molecule has 6 rings (SSSR count). The fourth-order valence-corrected chi connectivity index (χ4v) is 6.56. The minimum Gasteiger partial charge on any atom is -0.490 e. The summed E-state index contributed by atoms with van der Waals surface area (Å²) in [6.45, 7) is 6.21. The number of carboxylic acid groups (broad SMARTS) is 1. The maximum absolute atomic E-state index is 14.2. The highest BCUT2D eigenvalue weighted by Crippen LogP contribution is 2.49. The Kier molecular flexibility index (Phi) is 8.01. The Morgan fingerprint density at radius 1 is 1.05 bits per heavy atom. The lowest BCUT2D eigenvalue weighted by Gasteiger charge is -2.27. The van der Waals surface area contributed by atoms with Gasteiger partial charge in [-0.2, -0.15) is 0 Å². The van der Waals surface area contributed by atoms with Crippen molar-refractivity contribution in [2.45, 2.75) is 64.5 Å². The predicted octanol–water partition coefficient (Wildman–Crippen LogP) is 6.01. The van der Waals surface area contributed by atoms with Crippen molar-refractivity contribution in [1.82, 2.24) is 4.90 Å². The number of nitrogens with zero attached hydrogens (tertiary/aromatic N) is 1. The second-order valence-electron chi connectivity index (χ2n) is 11.6. The molecule has 2 N–H and O–H groups in total. The fourth-order valence-electron chi connectivity index (χ4n) is 6.56. The lowest BCUT2D eigenvalue weighted by atomic mass is 9.81. The molecule has 3 aliphatic rings. The van der Waals surface area contributed by atoms with Crippen molar-refractivity contribution in [3.05, 3.63) is 82.2 Å². The number of aliphatic carboxylic acids is 1. The largest absolute Gasteiger partial charge is 0.490 e. The fraction of sp³-hybridized carbons (Fsp3) is 0.412. The first-order chi connectivity index (χ1) is 20.8.